The van der Waals surface area contributed by atoms with Crippen molar-refractivity contribution in [1.29, 1.82) is 0 Å². The van der Waals surface area contributed by atoms with Gasteiger partial charge in [0.05, 0.1) is 19.3 Å². The number of halogens is 1. The van der Waals surface area contributed by atoms with Gasteiger partial charge in [-0.1, -0.05) is 23.4 Å². The summed E-state index contributed by atoms with van der Waals surface area (Å²) in [7, 11) is 1.56. The van der Waals surface area contributed by atoms with Crippen LogP contribution in [-0.2, 0) is 0 Å². The Morgan fingerprint density at radius 1 is 1.00 bits per heavy atom. The molecule has 5 aromatic rings. The number of hydrogen-bond acceptors (Lipinski definition) is 6. The molecule has 2 heterocycles. The van der Waals surface area contributed by atoms with Gasteiger partial charge < -0.3 is 14.0 Å². The number of aromatic nitrogens is 3. The van der Waals surface area contributed by atoms with E-state index in [4.69, 9.17) is 14.0 Å². The van der Waals surface area contributed by atoms with Gasteiger partial charge in [-0.2, -0.15) is 4.98 Å². The normalized spacial score (nSPS) is 11.0. The van der Waals surface area contributed by atoms with Crippen molar-refractivity contribution >= 4 is 10.8 Å². The Labute approximate surface area is 194 Å². The lowest BCUT2D eigenvalue weighted by molar-refractivity contribution is 0.311. The zero-order valence-electron chi connectivity index (χ0n) is 18.5. The number of methoxy groups -OCH3 is 1. The molecule has 0 saturated heterocycles. The number of rotatable bonds is 6. The van der Waals surface area contributed by atoms with E-state index in [1.165, 1.54) is 16.7 Å². The van der Waals surface area contributed by atoms with E-state index >= 15 is 0 Å². The zero-order chi connectivity index (χ0) is 23.7. The molecule has 0 N–H and O–H groups in total. The highest BCUT2D eigenvalue weighted by molar-refractivity contribution is 5.94. The fourth-order valence-corrected chi connectivity index (χ4v) is 3.79. The third-order valence-electron chi connectivity index (χ3n) is 5.41. The van der Waals surface area contributed by atoms with Crippen LogP contribution in [0.3, 0.4) is 0 Å². The van der Waals surface area contributed by atoms with Crippen LogP contribution >= 0.6 is 0 Å². The van der Waals surface area contributed by atoms with Crippen LogP contribution in [-0.4, -0.2) is 28.4 Å². The van der Waals surface area contributed by atoms with Gasteiger partial charge in [0.15, 0.2) is 11.5 Å². The van der Waals surface area contributed by atoms with Crippen molar-refractivity contribution in [3.05, 3.63) is 89.1 Å². The molecule has 7 nitrogen and oxygen atoms in total. The molecule has 0 unspecified atom stereocenters. The predicted molar refractivity (Wildman–Crippen MR) is 126 cm³/mol. The highest BCUT2D eigenvalue weighted by Crippen LogP contribution is 2.33. The van der Waals surface area contributed by atoms with Crippen molar-refractivity contribution in [2.24, 2.45) is 0 Å². The number of fused-ring (bicyclic) bond motifs is 1. The average Bonchev–Trinajstić information content (AvgIpc) is 3.36. The third-order valence-corrected chi connectivity index (χ3v) is 5.41. The lowest BCUT2D eigenvalue weighted by atomic mass is 10.1. The van der Waals surface area contributed by atoms with Crippen molar-refractivity contribution < 1.29 is 18.4 Å². The summed E-state index contributed by atoms with van der Waals surface area (Å²) in [4.78, 5) is 17.7. The summed E-state index contributed by atoms with van der Waals surface area (Å²) in [5, 5.41) is 5.29. The lowest BCUT2D eigenvalue weighted by Gasteiger charge is -2.10. The molecular formula is C26H20FN3O4. The molecule has 0 aliphatic heterocycles. The Balaban J connectivity index is 1.64. The first-order valence-corrected chi connectivity index (χ1v) is 10.6. The highest BCUT2D eigenvalue weighted by atomic mass is 19.1. The largest absolute Gasteiger partial charge is 0.493 e. The monoisotopic (exact) mass is 457 g/mol. The van der Waals surface area contributed by atoms with E-state index in [1.807, 2.05) is 25.1 Å². The van der Waals surface area contributed by atoms with Crippen molar-refractivity contribution in [2.45, 2.75) is 6.92 Å². The Morgan fingerprint density at radius 3 is 2.50 bits per heavy atom. The summed E-state index contributed by atoms with van der Waals surface area (Å²) in [5.41, 5.74) is 1.55. The minimum atomic E-state index is -0.384. The second-order valence-electron chi connectivity index (χ2n) is 7.46. The molecule has 0 amide bonds. The summed E-state index contributed by atoms with van der Waals surface area (Å²) in [5.74, 6) is 1.40. The SMILES string of the molecule is CCOc1ccc(-c2noc(-c3cn(-c4ccc(F)cc4)c(=O)c4ccccc34)n2)cc1OC. The van der Waals surface area contributed by atoms with Gasteiger partial charge in [-0.05, 0) is 55.5 Å². The van der Waals surface area contributed by atoms with Crippen LogP contribution in [0, 0.1) is 5.82 Å². The van der Waals surface area contributed by atoms with Crippen LogP contribution < -0.4 is 15.0 Å². The zero-order valence-corrected chi connectivity index (χ0v) is 18.5. The van der Waals surface area contributed by atoms with Gasteiger partial charge in [-0.3, -0.25) is 9.36 Å². The van der Waals surface area contributed by atoms with E-state index < -0.39 is 0 Å². The molecule has 0 fully saturated rings. The van der Waals surface area contributed by atoms with Crippen LogP contribution in [0.1, 0.15) is 6.92 Å². The summed E-state index contributed by atoms with van der Waals surface area (Å²) in [6, 6.07) is 18.3. The fourth-order valence-electron chi connectivity index (χ4n) is 3.79. The molecule has 0 saturated carbocycles. The van der Waals surface area contributed by atoms with Crippen LogP contribution in [0.15, 0.2) is 82.2 Å². The molecule has 3 aromatic carbocycles. The number of nitrogens with zero attached hydrogens (tertiary/aromatic N) is 3. The maximum Gasteiger partial charge on any atom is 0.262 e. The van der Waals surface area contributed by atoms with Gasteiger partial charge >= 0.3 is 0 Å². The average molecular weight is 457 g/mol. The maximum atomic E-state index is 13.4. The van der Waals surface area contributed by atoms with Crippen molar-refractivity contribution in [3.63, 3.8) is 0 Å². The summed E-state index contributed by atoms with van der Waals surface area (Å²) >= 11 is 0. The summed E-state index contributed by atoms with van der Waals surface area (Å²) in [6.45, 7) is 2.41. The second kappa shape index (κ2) is 8.82. The number of ether oxygens (including phenoxy) is 2. The van der Waals surface area contributed by atoms with Crippen LogP contribution in [0.2, 0.25) is 0 Å². The third kappa shape index (κ3) is 3.79. The molecular weight excluding hydrogens is 437 g/mol. The predicted octanol–water partition coefficient (Wildman–Crippen LogP) is 5.25. The fraction of sp³-hybridized carbons (Fsp3) is 0.115. The standard InChI is InChI=1S/C26H20FN3O4/c1-3-33-22-13-8-16(14-23(22)32-2)24-28-25(34-29-24)21-15-30(18-11-9-17(27)10-12-18)26(31)20-7-5-4-6-19(20)21/h4-15H,3H2,1-2H3. The van der Waals surface area contributed by atoms with Crippen molar-refractivity contribution in [3.8, 4) is 40.0 Å². The van der Waals surface area contributed by atoms with Gasteiger partial charge in [0.2, 0.25) is 5.82 Å². The number of benzene rings is 3. The molecule has 34 heavy (non-hydrogen) atoms. The molecule has 8 heteroatoms. The Kier molecular flexibility index (Phi) is 5.55. The Hall–Kier alpha value is -4.46. The molecule has 2 aromatic heterocycles. The van der Waals surface area contributed by atoms with Crippen molar-refractivity contribution in [2.75, 3.05) is 13.7 Å². The molecule has 0 atom stereocenters. The second-order valence-corrected chi connectivity index (χ2v) is 7.46. The van der Waals surface area contributed by atoms with E-state index in [0.29, 0.717) is 51.5 Å². The van der Waals surface area contributed by atoms with E-state index in [0.717, 1.165) is 0 Å². The topological polar surface area (TPSA) is 79.4 Å². The number of hydrogen-bond donors (Lipinski definition) is 0. The summed E-state index contributed by atoms with van der Waals surface area (Å²) in [6.07, 6.45) is 1.63. The first-order valence-electron chi connectivity index (χ1n) is 10.6. The van der Waals surface area contributed by atoms with Crippen LogP contribution in [0.4, 0.5) is 4.39 Å². The quantitative estimate of drug-likeness (QED) is 0.346. The molecule has 0 aliphatic carbocycles. The van der Waals surface area contributed by atoms with E-state index in [9.17, 15) is 9.18 Å². The van der Waals surface area contributed by atoms with Gasteiger partial charge in [-0.25, -0.2) is 4.39 Å². The van der Waals surface area contributed by atoms with Gasteiger partial charge in [0.1, 0.15) is 5.82 Å². The smallest absolute Gasteiger partial charge is 0.262 e. The minimum Gasteiger partial charge on any atom is -0.493 e. The maximum absolute atomic E-state index is 13.4. The van der Waals surface area contributed by atoms with Crippen molar-refractivity contribution in [1.82, 2.24) is 14.7 Å². The van der Waals surface area contributed by atoms with Crippen LogP contribution in [0.5, 0.6) is 11.5 Å². The molecule has 5 rings (SSSR count). The van der Waals surface area contributed by atoms with Gasteiger partial charge in [-0.15, -0.1) is 0 Å². The van der Waals surface area contributed by atoms with E-state index in [1.54, 1.807) is 49.7 Å². The molecule has 0 spiro atoms. The molecule has 0 bridgehead atoms. The molecule has 0 radical (unpaired) electrons. The summed E-state index contributed by atoms with van der Waals surface area (Å²) < 4.78 is 31.5. The minimum absolute atomic E-state index is 0.234. The van der Waals surface area contributed by atoms with E-state index in [2.05, 4.69) is 10.1 Å². The number of pyridine rings is 1. The molecule has 0 aliphatic rings. The Morgan fingerprint density at radius 2 is 1.76 bits per heavy atom. The lowest BCUT2D eigenvalue weighted by Crippen LogP contribution is -2.18. The van der Waals surface area contributed by atoms with Gasteiger partial charge in [0, 0.05) is 28.2 Å². The van der Waals surface area contributed by atoms with Crippen LogP contribution in [0.25, 0.3) is 39.3 Å². The first kappa shape index (κ1) is 21.4. The first-order chi connectivity index (χ1) is 16.6. The van der Waals surface area contributed by atoms with E-state index in [-0.39, 0.29) is 17.3 Å². The highest BCUT2D eigenvalue weighted by Gasteiger charge is 2.18. The molecule has 170 valence electrons. The van der Waals surface area contributed by atoms with Gasteiger partial charge in [0.25, 0.3) is 11.4 Å². The Bertz CT molecular complexity index is 1540.